The second kappa shape index (κ2) is 10.3. The SMILES string of the molecule is CN=C(NCCNS(=O)(=O)c1cccs1)N(C)Cc1ccc2c(c1)OCO2.I. The average Bonchev–Trinajstić information content (AvgIpc) is 3.33. The lowest BCUT2D eigenvalue weighted by molar-refractivity contribution is 0.174. The molecule has 2 aromatic rings. The number of nitrogens with zero attached hydrogens (tertiary/aromatic N) is 2. The van der Waals surface area contributed by atoms with Gasteiger partial charge >= 0.3 is 0 Å². The van der Waals surface area contributed by atoms with Gasteiger partial charge in [-0.1, -0.05) is 12.1 Å². The van der Waals surface area contributed by atoms with Crippen molar-refractivity contribution in [1.82, 2.24) is 14.9 Å². The minimum absolute atomic E-state index is 0. The summed E-state index contributed by atoms with van der Waals surface area (Å²) in [6.07, 6.45) is 0. The molecule has 2 N–H and O–H groups in total. The Morgan fingerprint density at radius 3 is 2.75 bits per heavy atom. The lowest BCUT2D eigenvalue weighted by Gasteiger charge is -2.22. The molecule has 1 aromatic heterocycles. The highest BCUT2D eigenvalue weighted by Crippen LogP contribution is 2.32. The molecule has 154 valence electrons. The number of halogens is 1. The Balaban J connectivity index is 0.00000280. The average molecular weight is 538 g/mol. The Bertz CT molecular complexity index is 904. The highest BCUT2D eigenvalue weighted by Gasteiger charge is 2.16. The van der Waals surface area contributed by atoms with Crippen molar-refractivity contribution in [2.24, 2.45) is 4.99 Å². The summed E-state index contributed by atoms with van der Waals surface area (Å²) in [6.45, 7) is 1.55. The van der Waals surface area contributed by atoms with Gasteiger partial charge in [0, 0.05) is 33.7 Å². The fourth-order valence-corrected chi connectivity index (χ4v) is 4.69. The summed E-state index contributed by atoms with van der Waals surface area (Å²) >= 11 is 1.19. The summed E-state index contributed by atoms with van der Waals surface area (Å²) in [4.78, 5) is 6.19. The fourth-order valence-electron chi connectivity index (χ4n) is 2.62. The van der Waals surface area contributed by atoms with Crippen molar-refractivity contribution in [3.63, 3.8) is 0 Å². The van der Waals surface area contributed by atoms with Gasteiger partial charge in [-0.3, -0.25) is 4.99 Å². The molecule has 0 atom stereocenters. The summed E-state index contributed by atoms with van der Waals surface area (Å²) in [5.41, 5.74) is 1.06. The number of ether oxygens (including phenoxy) is 2. The molecule has 0 saturated heterocycles. The third-order valence-electron chi connectivity index (χ3n) is 3.89. The molecule has 0 spiro atoms. The van der Waals surface area contributed by atoms with E-state index in [1.165, 1.54) is 11.3 Å². The van der Waals surface area contributed by atoms with Crippen molar-refractivity contribution < 1.29 is 17.9 Å². The van der Waals surface area contributed by atoms with Gasteiger partial charge in [0.05, 0.1) is 0 Å². The maximum atomic E-state index is 12.1. The van der Waals surface area contributed by atoms with Crippen LogP contribution in [-0.2, 0) is 16.6 Å². The predicted molar refractivity (Wildman–Crippen MR) is 120 cm³/mol. The van der Waals surface area contributed by atoms with E-state index in [-0.39, 0.29) is 37.3 Å². The molecule has 28 heavy (non-hydrogen) atoms. The zero-order valence-electron chi connectivity index (χ0n) is 15.5. The van der Waals surface area contributed by atoms with Crippen LogP contribution in [-0.4, -0.2) is 53.3 Å². The maximum absolute atomic E-state index is 12.1. The summed E-state index contributed by atoms with van der Waals surface area (Å²) in [5.74, 6) is 2.16. The second-order valence-corrected chi connectivity index (χ2v) is 8.79. The van der Waals surface area contributed by atoms with Gasteiger partial charge in [0.1, 0.15) is 4.21 Å². The molecule has 2 heterocycles. The van der Waals surface area contributed by atoms with E-state index < -0.39 is 10.0 Å². The van der Waals surface area contributed by atoms with Crippen LogP contribution >= 0.6 is 35.3 Å². The summed E-state index contributed by atoms with van der Waals surface area (Å²) < 4.78 is 37.8. The highest BCUT2D eigenvalue weighted by atomic mass is 127. The molecular weight excluding hydrogens is 515 g/mol. The molecule has 1 aliphatic rings. The van der Waals surface area contributed by atoms with E-state index in [0.717, 1.165) is 17.1 Å². The number of aliphatic imine (C=N–C) groups is 1. The molecular formula is C17H23IN4O4S2. The Morgan fingerprint density at radius 2 is 2.04 bits per heavy atom. The first-order valence-corrected chi connectivity index (χ1v) is 10.7. The van der Waals surface area contributed by atoms with E-state index in [4.69, 9.17) is 9.47 Å². The van der Waals surface area contributed by atoms with Gasteiger partial charge in [-0.25, -0.2) is 13.1 Å². The molecule has 0 aliphatic carbocycles. The van der Waals surface area contributed by atoms with Crippen molar-refractivity contribution in [2.75, 3.05) is 34.0 Å². The van der Waals surface area contributed by atoms with Gasteiger partial charge in [0.15, 0.2) is 17.5 Å². The Labute approximate surface area is 186 Å². The number of hydrogen-bond acceptors (Lipinski definition) is 6. The lowest BCUT2D eigenvalue weighted by Crippen LogP contribution is -2.42. The smallest absolute Gasteiger partial charge is 0.250 e. The number of rotatable bonds is 7. The standard InChI is InChI=1S/C17H22N4O4S2.HI/c1-18-17(19-7-8-20-27(22,23)16-4-3-9-26-16)21(2)11-13-5-6-14-15(10-13)25-12-24-14;/h3-6,9-10,20H,7-8,11-12H2,1-2H3,(H,18,19);1H. The number of nitrogens with one attached hydrogen (secondary N) is 2. The first kappa shape index (κ1) is 22.7. The summed E-state index contributed by atoms with van der Waals surface area (Å²) in [7, 11) is 0.154. The third-order valence-corrected chi connectivity index (χ3v) is 6.75. The molecule has 0 radical (unpaired) electrons. The zero-order valence-corrected chi connectivity index (χ0v) is 19.5. The third kappa shape index (κ3) is 5.72. The van der Waals surface area contributed by atoms with Crippen LogP contribution < -0.4 is 19.5 Å². The molecule has 0 unspecified atom stereocenters. The molecule has 0 amide bonds. The Hall–Kier alpha value is -1.57. The summed E-state index contributed by atoms with van der Waals surface area (Å²) in [5, 5.41) is 4.89. The normalized spacial score (nSPS) is 13.1. The minimum atomic E-state index is -3.45. The van der Waals surface area contributed by atoms with Gasteiger partial charge in [-0.15, -0.1) is 35.3 Å². The van der Waals surface area contributed by atoms with Crippen LogP contribution in [0.4, 0.5) is 0 Å². The van der Waals surface area contributed by atoms with Crippen LogP contribution in [0.25, 0.3) is 0 Å². The molecule has 1 aliphatic heterocycles. The molecule has 3 rings (SSSR count). The van der Waals surface area contributed by atoms with E-state index in [1.807, 2.05) is 30.1 Å². The van der Waals surface area contributed by atoms with Crippen LogP contribution in [0.1, 0.15) is 5.56 Å². The number of benzene rings is 1. The van der Waals surface area contributed by atoms with E-state index in [0.29, 0.717) is 23.3 Å². The van der Waals surface area contributed by atoms with Crippen LogP contribution in [0.3, 0.4) is 0 Å². The number of sulfonamides is 1. The van der Waals surface area contributed by atoms with Gasteiger partial charge in [0.2, 0.25) is 16.8 Å². The molecule has 11 heteroatoms. The van der Waals surface area contributed by atoms with Gasteiger partial charge in [-0.2, -0.15) is 0 Å². The van der Waals surface area contributed by atoms with Gasteiger partial charge in [0.25, 0.3) is 0 Å². The van der Waals surface area contributed by atoms with Crippen LogP contribution in [0, 0.1) is 0 Å². The first-order chi connectivity index (χ1) is 13.0. The lowest BCUT2D eigenvalue weighted by atomic mass is 10.2. The number of guanidine groups is 1. The summed E-state index contributed by atoms with van der Waals surface area (Å²) in [6, 6.07) is 9.11. The molecule has 8 nitrogen and oxygen atoms in total. The molecule has 0 fully saturated rings. The highest BCUT2D eigenvalue weighted by molar-refractivity contribution is 14.0. The Kier molecular flexibility index (Phi) is 8.34. The number of thiophene rings is 1. The van der Waals surface area contributed by atoms with Crippen LogP contribution in [0.2, 0.25) is 0 Å². The van der Waals surface area contributed by atoms with Crippen molar-refractivity contribution >= 4 is 51.3 Å². The van der Waals surface area contributed by atoms with Gasteiger partial charge in [-0.05, 0) is 29.1 Å². The predicted octanol–water partition coefficient (Wildman–Crippen LogP) is 2.08. The zero-order chi connectivity index (χ0) is 19.3. The minimum Gasteiger partial charge on any atom is -0.454 e. The number of fused-ring (bicyclic) bond motifs is 1. The van der Waals surface area contributed by atoms with Gasteiger partial charge < -0.3 is 19.7 Å². The maximum Gasteiger partial charge on any atom is 0.250 e. The quantitative estimate of drug-likeness (QED) is 0.243. The van der Waals surface area contributed by atoms with Crippen molar-refractivity contribution in [1.29, 1.82) is 0 Å². The molecule has 1 aromatic carbocycles. The first-order valence-electron chi connectivity index (χ1n) is 8.33. The van der Waals surface area contributed by atoms with Crippen LogP contribution in [0.15, 0.2) is 44.9 Å². The molecule has 0 bridgehead atoms. The van der Waals surface area contributed by atoms with Crippen molar-refractivity contribution in [2.45, 2.75) is 10.8 Å². The monoisotopic (exact) mass is 538 g/mol. The van der Waals surface area contributed by atoms with E-state index >= 15 is 0 Å². The Morgan fingerprint density at radius 1 is 1.25 bits per heavy atom. The fraction of sp³-hybridized carbons (Fsp3) is 0.353. The van der Waals surface area contributed by atoms with E-state index in [1.54, 1.807) is 24.6 Å². The van der Waals surface area contributed by atoms with Crippen molar-refractivity contribution in [3.05, 3.63) is 41.3 Å². The van der Waals surface area contributed by atoms with E-state index in [2.05, 4.69) is 15.0 Å². The largest absolute Gasteiger partial charge is 0.454 e. The van der Waals surface area contributed by atoms with Crippen molar-refractivity contribution in [3.8, 4) is 11.5 Å². The van der Waals surface area contributed by atoms with E-state index in [9.17, 15) is 8.42 Å². The van der Waals surface area contributed by atoms with Crippen LogP contribution in [0.5, 0.6) is 11.5 Å². The topological polar surface area (TPSA) is 92.3 Å². The number of hydrogen-bond donors (Lipinski definition) is 2. The second-order valence-electron chi connectivity index (χ2n) is 5.85. The molecule has 0 saturated carbocycles.